The summed E-state index contributed by atoms with van der Waals surface area (Å²) in [4.78, 5) is 3.02. The van der Waals surface area contributed by atoms with Crippen molar-refractivity contribution in [2.75, 3.05) is 33.9 Å². The first-order valence-corrected chi connectivity index (χ1v) is 5.52. The molecule has 80 valence electrons. The Morgan fingerprint density at radius 1 is 1.57 bits per heavy atom. The third-order valence-corrected chi connectivity index (χ3v) is 2.80. The summed E-state index contributed by atoms with van der Waals surface area (Å²) in [7, 11) is 4.00. The monoisotopic (exact) mass is 215 g/mol. The van der Waals surface area contributed by atoms with Gasteiger partial charge in [-0.05, 0) is 25.5 Å². The lowest BCUT2D eigenvalue weighted by atomic mass is 10.3. The minimum atomic E-state index is -0.475. The van der Waals surface area contributed by atoms with Gasteiger partial charge < -0.3 is 14.7 Å². The van der Waals surface area contributed by atoms with Crippen molar-refractivity contribution in [2.24, 2.45) is 0 Å². The van der Waals surface area contributed by atoms with E-state index in [9.17, 15) is 5.11 Å². The van der Waals surface area contributed by atoms with Crippen molar-refractivity contribution in [1.82, 2.24) is 4.90 Å². The SMILES string of the molecule is CN(C)CCOCC(O)c1cccs1. The lowest BCUT2D eigenvalue weighted by Crippen LogP contribution is -2.19. The molecule has 4 heteroatoms. The molecule has 0 radical (unpaired) electrons. The van der Waals surface area contributed by atoms with Gasteiger partial charge in [-0.25, -0.2) is 0 Å². The van der Waals surface area contributed by atoms with Gasteiger partial charge in [-0.2, -0.15) is 0 Å². The Morgan fingerprint density at radius 2 is 2.36 bits per heavy atom. The van der Waals surface area contributed by atoms with E-state index in [4.69, 9.17) is 4.74 Å². The molecule has 0 fully saturated rings. The Bertz CT molecular complexity index is 236. The number of nitrogens with zero attached hydrogens (tertiary/aromatic N) is 1. The average Bonchev–Trinajstić information content (AvgIpc) is 2.64. The van der Waals surface area contributed by atoms with Crippen LogP contribution in [0.15, 0.2) is 17.5 Å². The lowest BCUT2D eigenvalue weighted by Gasteiger charge is -2.12. The number of rotatable bonds is 6. The summed E-state index contributed by atoms with van der Waals surface area (Å²) in [5.74, 6) is 0. The van der Waals surface area contributed by atoms with E-state index in [1.165, 1.54) is 0 Å². The largest absolute Gasteiger partial charge is 0.385 e. The van der Waals surface area contributed by atoms with E-state index in [0.717, 1.165) is 11.4 Å². The minimum absolute atomic E-state index is 0.383. The van der Waals surface area contributed by atoms with Crippen molar-refractivity contribution >= 4 is 11.3 Å². The van der Waals surface area contributed by atoms with Gasteiger partial charge in [-0.1, -0.05) is 6.07 Å². The molecule has 0 aliphatic heterocycles. The molecule has 1 atom stereocenters. The molecule has 1 unspecified atom stereocenters. The summed E-state index contributed by atoms with van der Waals surface area (Å²) in [6.07, 6.45) is -0.475. The van der Waals surface area contributed by atoms with Gasteiger partial charge in [-0.15, -0.1) is 11.3 Å². The summed E-state index contributed by atoms with van der Waals surface area (Å²) in [5, 5.41) is 11.6. The van der Waals surface area contributed by atoms with Crippen molar-refractivity contribution < 1.29 is 9.84 Å². The third-order valence-electron chi connectivity index (χ3n) is 1.83. The van der Waals surface area contributed by atoms with Crippen molar-refractivity contribution in [3.8, 4) is 0 Å². The van der Waals surface area contributed by atoms with Gasteiger partial charge in [0.15, 0.2) is 0 Å². The molecule has 1 aromatic rings. The highest BCUT2D eigenvalue weighted by atomic mass is 32.1. The summed E-state index contributed by atoms with van der Waals surface area (Å²) in [6, 6.07) is 3.85. The van der Waals surface area contributed by atoms with Gasteiger partial charge in [0, 0.05) is 11.4 Å². The number of hydrogen-bond acceptors (Lipinski definition) is 4. The van der Waals surface area contributed by atoms with Crippen LogP contribution in [0.2, 0.25) is 0 Å². The molecule has 1 heterocycles. The maximum atomic E-state index is 9.65. The highest BCUT2D eigenvalue weighted by molar-refractivity contribution is 7.10. The van der Waals surface area contributed by atoms with E-state index in [1.54, 1.807) is 11.3 Å². The minimum Gasteiger partial charge on any atom is -0.385 e. The number of likely N-dealkylation sites (N-methyl/N-ethyl adjacent to an activating group) is 1. The third kappa shape index (κ3) is 4.19. The van der Waals surface area contributed by atoms with E-state index in [2.05, 4.69) is 4.90 Å². The van der Waals surface area contributed by atoms with Gasteiger partial charge in [0.1, 0.15) is 6.10 Å². The van der Waals surface area contributed by atoms with Crippen LogP contribution < -0.4 is 0 Å². The summed E-state index contributed by atoms with van der Waals surface area (Å²) < 4.78 is 5.35. The highest BCUT2D eigenvalue weighted by Crippen LogP contribution is 2.18. The van der Waals surface area contributed by atoms with E-state index in [-0.39, 0.29) is 0 Å². The first-order valence-electron chi connectivity index (χ1n) is 4.64. The molecule has 0 amide bonds. The van der Waals surface area contributed by atoms with Gasteiger partial charge in [0.25, 0.3) is 0 Å². The Kier molecular flexibility index (Phi) is 5.11. The van der Waals surface area contributed by atoms with Gasteiger partial charge in [0.05, 0.1) is 13.2 Å². The van der Waals surface area contributed by atoms with Crippen LogP contribution in [0.5, 0.6) is 0 Å². The number of hydrogen-bond donors (Lipinski definition) is 1. The maximum absolute atomic E-state index is 9.65. The second-order valence-electron chi connectivity index (χ2n) is 3.41. The second kappa shape index (κ2) is 6.14. The zero-order chi connectivity index (χ0) is 10.4. The van der Waals surface area contributed by atoms with Crippen LogP contribution in [0.4, 0.5) is 0 Å². The first-order chi connectivity index (χ1) is 6.70. The quantitative estimate of drug-likeness (QED) is 0.727. The number of aliphatic hydroxyl groups excluding tert-OH is 1. The normalized spacial score (nSPS) is 13.4. The Hall–Kier alpha value is -0.420. The average molecular weight is 215 g/mol. The summed E-state index contributed by atoms with van der Waals surface area (Å²) >= 11 is 1.55. The van der Waals surface area contributed by atoms with Crippen LogP contribution in [-0.2, 0) is 4.74 Å². The molecular weight excluding hydrogens is 198 g/mol. The Balaban J connectivity index is 2.13. The predicted octanol–water partition coefficient (Wildman–Crippen LogP) is 1.36. The van der Waals surface area contributed by atoms with Crippen molar-refractivity contribution in [2.45, 2.75) is 6.10 Å². The van der Waals surface area contributed by atoms with Crippen molar-refractivity contribution in [3.05, 3.63) is 22.4 Å². The van der Waals surface area contributed by atoms with E-state index >= 15 is 0 Å². The maximum Gasteiger partial charge on any atom is 0.111 e. The highest BCUT2D eigenvalue weighted by Gasteiger charge is 2.07. The van der Waals surface area contributed by atoms with Crippen LogP contribution in [-0.4, -0.2) is 43.9 Å². The van der Waals surface area contributed by atoms with Gasteiger partial charge in [-0.3, -0.25) is 0 Å². The number of thiophene rings is 1. The molecule has 0 bridgehead atoms. The number of aliphatic hydroxyl groups is 1. The van der Waals surface area contributed by atoms with Crippen LogP contribution >= 0.6 is 11.3 Å². The predicted molar refractivity (Wildman–Crippen MR) is 58.7 cm³/mol. The van der Waals surface area contributed by atoms with Gasteiger partial charge >= 0.3 is 0 Å². The molecule has 0 saturated carbocycles. The molecule has 0 spiro atoms. The fourth-order valence-corrected chi connectivity index (χ4v) is 1.70. The molecule has 0 aromatic carbocycles. The zero-order valence-electron chi connectivity index (χ0n) is 8.64. The van der Waals surface area contributed by atoms with Crippen LogP contribution in [0, 0.1) is 0 Å². The number of ether oxygens (including phenoxy) is 1. The van der Waals surface area contributed by atoms with E-state index < -0.39 is 6.10 Å². The fraction of sp³-hybridized carbons (Fsp3) is 0.600. The summed E-state index contributed by atoms with van der Waals surface area (Å²) in [6.45, 7) is 1.93. The standard InChI is InChI=1S/C10H17NO2S/c1-11(2)5-6-13-8-9(12)10-4-3-7-14-10/h3-4,7,9,12H,5-6,8H2,1-2H3. The Morgan fingerprint density at radius 3 is 2.93 bits per heavy atom. The fourth-order valence-electron chi connectivity index (χ4n) is 1.01. The van der Waals surface area contributed by atoms with E-state index in [1.807, 2.05) is 31.6 Å². The molecule has 0 aliphatic rings. The Labute approximate surface area is 88.9 Å². The van der Waals surface area contributed by atoms with Crippen LogP contribution in [0.3, 0.4) is 0 Å². The first kappa shape index (κ1) is 11.7. The second-order valence-corrected chi connectivity index (χ2v) is 4.39. The van der Waals surface area contributed by atoms with Gasteiger partial charge in [0.2, 0.25) is 0 Å². The molecule has 0 aliphatic carbocycles. The van der Waals surface area contributed by atoms with Crippen molar-refractivity contribution in [1.29, 1.82) is 0 Å². The molecule has 1 N–H and O–H groups in total. The van der Waals surface area contributed by atoms with Crippen molar-refractivity contribution in [3.63, 3.8) is 0 Å². The smallest absolute Gasteiger partial charge is 0.111 e. The zero-order valence-corrected chi connectivity index (χ0v) is 9.46. The molecule has 0 saturated heterocycles. The van der Waals surface area contributed by atoms with Crippen LogP contribution in [0.1, 0.15) is 11.0 Å². The molecule has 1 rings (SSSR count). The lowest BCUT2D eigenvalue weighted by molar-refractivity contribution is 0.0323. The molecule has 14 heavy (non-hydrogen) atoms. The topological polar surface area (TPSA) is 32.7 Å². The summed E-state index contributed by atoms with van der Waals surface area (Å²) in [5.41, 5.74) is 0. The van der Waals surface area contributed by atoms with Crippen LogP contribution in [0.25, 0.3) is 0 Å². The van der Waals surface area contributed by atoms with E-state index in [0.29, 0.717) is 13.2 Å². The molecular formula is C10H17NO2S. The molecule has 1 aromatic heterocycles. The molecule has 3 nitrogen and oxygen atoms in total.